The van der Waals surface area contributed by atoms with E-state index in [2.05, 4.69) is 21.2 Å². The van der Waals surface area contributed by atoms with Crippen LogP contribution in [0.4, 0.5) is 0 Å². The molecule has 1 saturated heterocycles. The lowest BCUT2D eigenvalue weighted by Gasteiger charge is -2.26. The molecule has 1 N–H and O–H groups in total. The Morgan fingerprint density at radius 3 is 2.44 bits per heavy atom. The molecule has 0 saturated carbocycles. The quantitative estimate of drug-likeness (QED) is 0.844. The van der Waals surface area contributed by atoms with E-state index in [9.17, 15) is 4.79 Å². The molecule has 5 heteroatoms. The van der Waals surface area contributed by atoms with E-state index in [1.165, 1.54) is 0 Å². The van der Waals surface area contributed by atoms with Crippen molar-refractivity contribution >= 4 is 40.3 Å². The molecule has 1 aliphatic heterocycles. The summed E-state index contributed by atoms with van der Waals surface area (Å²) in [6, 6.07) is 7.89. The van der Waals surface area contributed by atoms with Crippen LogP contribution >= 0.6 is 28.3 Å². The highest BCUT2D eigenvalue weighted by molar-refractivity contribution is 9.10. The molecule has 0 radical (unpaired) electrons. The van der Waals surface area contributed by atoms with Crippen LogP contribution < -0.4 is 5.32 Å². The largest absolute Gasteiger partial charge is 0.337 e. The molecule has 0 aromatic heterocycles. The molecule has 1 aromatic carbocycles. The van der Waals surface area contributed by atoms with Crippen LogP contribution in [0.3, 0.4) is 0 Å². The number of benzene rings is 1. The number of carbonyl (C=O) groups excluding carboxylic acids is 1. The van der Waals surface area contributed by atoms with Gasteiger partial charge in [-0.3, -0.25) is 4.79 Å². The van der Waals surface area contributed by atoms with Gasteiger partial charge in [0.2, 0.25) is 5.91 Å². The topological polar surface area (TPSA) is 32.3 Å². The highest BCUT2D eigenvalue weighted by Gasteiger charge is 2.12. The highest BCUT2D eigenvalue weighted by Crippen LogP contribution is 2.11. The number of halogens is 2. The van der Waals surface area contributed by atoms with Crippen LogP contribution in [-0.4, -0.2) is 37.0 Å². The molecule has 3 nitrogen and oxygen atoms in total. The summed E-state index contributed by atoms with van der Waals surface area (Å²) in [5, 5.41) is 3.23. The maximum absolute atomic E-state index is 11.8. The Balaban J connectivity index is 0.00000162. The zero-order valence-electron chi connectivity index (χ0n) is 9.93. The summed E-state index contributed by atoms with van der Waals surface area (Å²) in [5.74, 6) is 0.0921. The monoisotopic (exact) mass is 330 g/mol. The first kappa shape index (κ1) is 15.2. The van der Waals surface area contributed by atoms with Gasteiger partial charge in [-0.25, -0.2) is 0 Å². The van der Waals surface area contributed by atoms with Crippen molar-refractivity contribution in [3.8, 4) is 0 Å². The zero-order chi connectivity index (χ0) is 12.1. The van der Waals surface area contributed by atoms with Crippen LogP contribution in [0.25, 0.3) is 6.08 Å². The summed E-state index contributed by atoms with van der Waals surface area (Å²) in [5.41, 5.74) is 1.04. The third-order valence-electron chi connectivity index (χ3n) is 2.72. The molecule has 1 amide bonds. The van der Waals surface area contributed by atoms with Crippen molar-refractivity contribution in [1.82, 2.24) is 10.2 Å². The van der Waals surface area contributed by atoms with Crippen molar-refractivity contribution in [3.63, 3.8) is 0 Å². The molecule has 0 unspecified atom stereocenters. The normalized spacial score (nSPS) is 15.5. The summed E-state index contributed by atoms with van der Waals surface area (Å²) >= 11 is 3.38. The minimum absolute atomic E-state index is 0. The van der Waals surface area contributed by atoms with E-state index in [-0.39, 0.29) is 18.3 Å². The molecule has 0 bridgehead atoms. The standard InChI is InChI=1S/C13H15BrN2O.ClH/c14-12-4-1-11(2-5-12)3-6-13(17)16-9-7-15-8-10-16;/h1-6,15H,7-10H2;1H. The highest BCUT2D eigenvalue weighted by atomic mass is 79.9. The molecular formula is C13H16BrClN2O. The average Bonchev–Trinajstić information content (AvgIpc) is 2.39. The Bertz CT molecular complexity index is 414. The number of hydrogen-bond donors (Lipinski definition) is 1. The van der Waals surface area contributed by atoms with E-state index in [0.717, 1.165) is 36.2 Å². The van der Waals surface area contributed by atoms with Gasteiger partial charge in [0.25, 0.3) is 0 Å². The van der Waals surface area contributed by atoms with Crippen molar-refractivity contribution in [2.75, 3.05) is 26.2 Å². The van der Waals surface area contributed by atoms with E-state index in [1.54, 1.807) is 6.08 Å². The smallest absolute Gasteiger partial charge is 0.246 e. The molecule has 0 spiro atoms. The van der Waals surface area contributed by atoms with Crippen LogP contribution in [0.1, 0.15) is 5.56 Å². The van der Waals surface area contributed by atoms with E-state index in [4.69, 9.17) is 0 Å². The Labute approximate surface area is 122 Å². The third-order valence-corrected chi connectivity index (χ3v) is 3.25. The van der Waals surface area contributed by atoms with Crippen molar-refractivity contribution < 1.29 is 4.79 Å². The van der Waals surface area contributed by atoms with Crippen LogP contribution in [0, 0.1) is 0 Å². The van der Waals surface area contributed by atoms with E-state index >= 15 is 0 Å². The predicted molar refractivity (Wildman–Crippen MR) is 79.9 cm³/mol. The number of nitrogens with zero attached hydrogens (tertiary/aromatic N) is 1. The molecular weight excluding hydrogens is 316 g/mol. The molecule has 0 aliphatic carbocycles. The minimum Gasteiger partial charge on any atom is -0.337 e. The number of amides is 1. The summed E-state index contributed by atoms with van der Waals surface area (Å²) in [6.07, 6.45) is 3.51. The lowest BCUT2D eigenvalue weighted by atomic mass is 10.2. The first-order valence-corrected chi connectivity index (χ1v) is 6.48. The Hall–Kier alpha value is -0.840. The number of piperazine rings is 1. The molecule has 18 heavy (non-hydrogen) atoms. The van der Waals surface area contributed by atoms with Crippen molar-refractivity contribution in [2.45, 2.75) is 0 Å². The molecule has 1 fully saturated rings. The van der Waals surface area contributed by atoms with Crippen molar-refractivity contribution in [2.24, 2.45) is 0 Å². The Morgan fingerprint density at radius 1 is 1.22 bits per heavy atom. The fourth-order valence-electron chi connectivity index (χ4n) is 1.73. The van der Waals surface area contributed by atoms with Gasteiger partial charge < -0.3 is 10.2 Å². The first-order chi connectivity index (χ1) is 8.25. The van der Waals surface area contributed by atoms with E-state index in [0.29, 0.717) is 0 Å². The van der Waals surface area contributed by atoms with Gasteiger partial charge in [-0.05, 0) is 23.8 Å². The fraction of sp³-hybridized carbons (Fsp3) is 0.308. The molecule has 1 aromatic rings. The molecule has 98 valence electrons. The number of carbonyl (C=O) groups is 1. The van der Waals surface area contributed by atoms with Gasteiger partial charge >= 0.3 is 0 Å². The maximum atomic E-state index is 11.8. The number of nitrogens with one attached hydrogen (secondary N) is 1. The van der Waals surface area contributed by atoms with Gasteiger partial charge in [0.15, 0.2) is 0 Å². The lowest BCUT2D eigenvalue weighted by molar-refractivity contribution is -0.126. The SMILES string of the molecule is Cl.O=C(C=Cc1ccc(Br)cc1)N1CCNCC1. The van der Waals surface area contributed by atoms with Crippen LogP contribution in [0.15, 0.2) is 34.8 Å². The van der Waals surface area contributed by atoms with E-state index < -0.39 is 0 Å². The summed E-state index contributed by atoms with van der Waals surface area (Å²) in [6.45, 7) is 3.36. The van der Waals surface area contributed by atoms with Gasteiger partial charge in [0.05, 0.1) is 0 Å². The third kappa shape index (κ3) is 4.44. The molecule has 2 rings (SSSR count). The van der Waals surface area contributed by atoms with Gasteiger partial charge in [-0.1, -0.05) is 28.1 Å². The maximum Gasteiger partial charge on any atom is 0.246 e. The second kappa shape index (κ2) is 7.56. The van der Waals surface area contributed by atoms with E-state index in [1.807, 2.05) is 35.2 Å². The lowest BCUT2D eigenvalue weighted by Crippen LogP contribution is -2.45. The number of rotatable bonds is 2. The van der Waals surface area contributed by atoms with Crippen LogP contribution in [0.2, 0.25) is 0 Å². The first-order valence-electron chi connectivity index (χ1n) is 5.69. The summed E-state index contributed by atoms with van der Waals surface area (Å²) in [7, 11) is 0. The van der Waals surface area contributed by atoms with Gasteiger partial charge in [0, 0.05) is 36.7 Å². The summed E-state index contributed by atoms with van der Waals surface area (Å²) in [4.78, 5) is 13.7. The second-order valence-electron chi connectivity index (χ2n) is 3.96. The van der Waals surface area contributed by atoms with Crippen LogP contribution in [-0.2, 0) is 4.79 Å². The molecule has 1 aliphatic rings. The van der Waals surface area contributed by atoms with Crippen LogP contribution in [0.5, 0.6) is 0 Å². The fourth-order valence-corrected chi connectivity index (χ4v) is 2.00. The summed E-state index contributed by atoms with van der Waals surface area (Å²) < 4.78 is 1.04. The number of hydrogen-bond acceptors (Lipinski definition) is 2. The minimum atomic E-state index is 0. The molecule has 0 atom stereocenters. The second-order valence-corrected chi connectivity index (χ2v) is 4.88. The van der Waals surface area contributed by atoms with Gasteiger partial charge in [-0.15, -0.1) is 12.4 Å². The Morgan fingerprint density at radius 2 is 1.83 bits per heavy atom. The Kier molecular flexibility index (Phi) is 6.39. The van der Waals surface area contributed by atoms with Gasteiger partial charge in [-0.2, -0.15) is 0 Å². The van der Waals surface area contributed by atoms with Crippen molar-refractivity contribution in [3.05, 3.63) is 40.4 Å². The van der Waals surface area contributed by atoms with Gasteiger partial charge in [0.1, 0.15) is 0 Å². The van der Waals surface area contributed by atoms with Crippen molar-refractivity contribution in [1.29, 1.82) is 0 Å². The average molecular weight is 332 g/mol. The zero-order valence-corrected chi connectivity index (χ0v) is 12.3. The molecule has 1 heterocycles. The predicted octanol–water partition coefficient (Wildman–Crippen LogP) is 2.32.